The van der Waals surface area contributed by atoms with Gasteiger partial charge in [0.1, 0.15) is 5.82 Å². The van der Waals surface area contributed by atoms with E-state index in [1.165, 1.54) is 5.56 Å². The van der Waals surface area contributed by atoms with Gasteiger partial charge in [0.25, 0.3) is 0 Å². The molecule has 1 amide bonds. The molecule has 6 heteroatoms. The minimum absolute atomic E-state index is 0.316. The third kappa shape index (κ3) is 6.00. The van der Waals surface area contributed by atoms with Crippen molar-refractivity contribution in [2.75, 3.05) is 18.8 Å². The molecular formula is C26H32N4OS. The zero-order valence-corrected chi connectivity index (χ0v) is 19.6. The minimum atomic E-state index is 0.316. The molecule has 32 heavy (non-hydrogen) atoms. The maximum atomic E-state index is 12.6. The summed E-state index contributed by atoms with van der Waals surface area (Å²) >= 11 is 1.72. The molecule has 4 rings (SSSR count). The fraction of sp³-hybridized carbons (Fsp3) is 0.423. The van der Waals surface area contributed by atoms with E-state index in [1.807, 2.05) is 25.1 Å². The number of aromatic nitrogens is 3. The van der Waals surface area contributed by atoms with E-state index in [0.29, 0.717) is 18.2 Å². The van der Waals surface area contributed by atoms with E-state index in [0.717, 1.165) is 67.6 Å². The number of benzene rings is 2. The average molecular weight is 449 g/mol. The molecule has 5 nitrogen and oxygen atoms in total. The van der Waals surface area contributed by atoms with E-state index in [9.17, 15) is 4.79 Å². The standard InChI is InChI=1S/C26H32N4OS/c1-21-27-28-26(30(21)24-12-6-3-7-13-24)32-19-9-8-14-25(31)29-17-15-23(16-18-29)20-22-10-4-2-5-11-22/h2-7,10-13,23H,8-9,14-20H2,1H3. The van der Waals surface area contributed by atoms with Crippen molar-refractivity contribution >= 4 is 17.7 Å². The first kappa shape index (κ1) is 22.6. The summed E-state index contributed by atoms with van der Waals surface area (Å²) in [5, 5.41) is 9.50. The molecule has 0 bridgehead atoms. The van der Waals surface area contributed by atoms with Crippen LogP contribution in [-0.2, 0) is 11.2 Å². The predicted octanol–water partition coefficient (Wildman–Crippen LogP) is 5.32. The Morgan fingerprint density at radius 1 is 0.969 bits per heavy atom. The van der Waals surface area contributed by atoms with Gasteiger partial charge in [-0.25, -0.2) is 0 Å². The first-order valence-electron chi connectivity index (χ1n) is 11.6. The van der Waals surface area contributed by atoms with E-state index in [-0.39, 0.29) is 0 Å². The quantitative estimate of drug-likeness (QED) is 0.328. The van der Waals surface area contributed by atoms with Gasteiger partial charge in [0.2, 0.25) is 5.91 Å². The summed E-state index contributed by atoms with van der Waals surface area (Å²) in [6.07, 6.45) is 5.94. The van der Waals surface area contributed by atoms with E-state index in [2.05, 4.69) is 62.1 Å². The van der Waals surface area contributed by atoms with Gasteiger partial charge >= 0.3 is 0 Å². The zero-order valence-electron chi connectivity index (χ0n) is 18.8. The normalized spacial score (nSPS) is 14.6. The van der Waals surface area contributed by atoms with Crippen molar-refractivity contribution in [2.24, 2.45) is 5.92 Å². The topological polar surface area (TPSA) is 51.0 Å². The molecule has 2 aromatic carbocycles. The summed E-state index contributed by atoms with van der Waals surface area (Å²) in [4.78, 5) is 14.7. The van der Waals surface area contributed by atoms with Gasteiger partial charge in [0.15, 0.2) is 5.16 Å². The van der Waals surface area contributed by atoms with Crippen LogP contribution in [0.15, 0.2) is 65.8 Å². The Kier molecular flexibility index (Phi) is 7.99. The highest BCUT2D eigenvalue weighted by Gasteiger charge is 2.22. The highest BCUT2D eigenvalue weighted by molar-refractivity contribution is 7.99. The van der Waals surface area contributed by atoms with Crippen LogP contribution in [0.3, 0.4) is 0 Å². The summed E-state index contributed by atoms with van der Waals surface area (Å²) in [5.41, 5.74) is 2.50. The highest BCUT2D eigenvalue weighted by Crippen LogP contribution is 2.24. The van der Waals surface area contributed by atoms with Crippen LogP contribution in [-0.4, -0.2) is 44.4 Å². The number of carbonyl (C=O) groups excluding carboxylic acids is 1. The summed E-state index contributed by atoms with van der Waals surface area (Å²) in [6.45, 7) is 3.79. The van der Waals surface area contributed by atoms with Crippen LogP contribution >= 0.6 is 11.8 Å². The van der Waals surface area contributed by atoms with Gasteiger partial charge in [-0.15, -0.1) is 10.2 Å². The first-order valence-corrected chi connectivity index (χ1v) is 12.6. The highest BCUT2D eigenvalue weighted by atomic mass is 32.2. The summed E-state index contributed by atoms with van der Waals surface area (Å²) in [7, 11) is 0. The minimum Gasteiger partial charge on any atom is -0.343 e. The number of aryl methyl sites for hydroxylation is 1. The molecule has 3 aromatic rings. The Labute approximate surface area is 195 Å². The van der Waals surface area contributed by atoms with E-state index < -0.39 is 0 Å². The second-order valence-corrected chi connectivity index (χ2v) is 9.58. The van der Waals surface area contributed by atoms with E-state index >= 15 is 0 Å². The van der Waals surface area contributed by atoms with Crippen LogP contribution in [0.25, 0.3) is 5.69 Å². The number of nitrogens with zero attached hydrogens (tertiary/aromatic N) is 4. The Morgan fingerprint density at radius 3 is 2.38 bits per heavy atom. The Balaban J connectivity index is 1.15. The Morgan fingerprint density at radius 2 is 1.66 bits per heavy atom. The number of piperidine rings is 1. The number of para-hydroxylation sites is 1. The second kappa shape index (κ2) is 11.3. The van der Waals surface area contributed by atoms with Crippen LogP contribution in [0.2, 0.25) is 0 Å². The van der Waals surface area contributed by atoms with Crippen LogP contribution in [0.5, 0.6) is 0 Å². The molecule has 1 fully saturated rings. The molecule has 1 aliphatic rings. The number of hydrogen-bond acceptors (Lipinski definition) is 4. The van der Waals surface area contributed by atoms with Crippen LogP contribution < -0.4 is 0 Å². The molecule has 0 atom stereocenters. The number of carbonyl (C=O) groups is 1. The van der Waals surface area contributed by atoms with Crippen molar-refractivity contribution < 1.29 is 4.79 Å². The molecule has 1 aromatic heterocycles. The summed E-state index contributed by atoms with van der Waals surface area (Å²) in [5.74, 6) is 2.85. The molecule has 0 spiro atoms. The summed E-state index contributed by atoms with van der Waals surface area (Å²) in [6, 6.07) is 20.9. The third-order valence-electron chi connectivity index (χ3n) is 6.16. The lowest BCUT2D eigenvalue weighted by atomic mass is 9.90. The van der Waals surface area contributed by atoms with Crippen LogP contribution in [0, 0.1) is 12.8 Å². The molecule has 0 saturated carbocycles. The molecule has 0 N–H and O–H groups in total. The molecule has 0 radical (unpaired) electrons. The maximum Gasteiger partial charge on any atom is 0.222 e. The first-order chi connectivity index (χ1) is 15.7. The number of rotatable bonds is 9. The Hall–Kier alpha value is -2.60. The fourth-order valence-corrected chi connectivity index (χ4v) is 5.34. The van der Waals surface area contributed by atoms with Gasteiger partial charge in [-0.3, -0.25) is 9.36 Å². The van der Waals surface area contributed by atoms with Crippen LogP contribution in [0.1, 0.15) is 43.5 Å². The van der Waals surface area contributed by atoms with Crippen molar-refractivity contribution in [3.63, 3.8) is 0 Å². The largest absolute Gasteiger partial charge is 0.343 e. The van der Waals surface area contributed by atoms with Gasteiger partial charge in [0.05, 0.1) is 0 Å². The molecule has 0 unspecified atom stereocenters. The van der Waals surface area contributed by atoms with Crippen LogP contribution in [0.4, 0.5) is 0 Å². The maximum absolute atomic E-state index is 12.6. The lowest BCUT2D eigenvalue weighted by Crippen LogP contribution is -2.38. The number of likely N-dealkylation sites (tertiary alicyclic amines) is 1. The SMILES string of the molecule is Cc1nnc(SCCCCC(=O)N2CCC(Cc3ccccc3)CC2)n1-c1ccccc1. The second-order valence-electron chi connectivity index (χ2n) is 8.52. The van der Waals surface area contributed by atoms with E-state index in [4.69, 9.17) is 0 Å². The number of amides is 1. The van der Waals surface area contributed by atoms with Crippen molar-refractivity contribution in [3.8, 4) is 5.69 Å². The van der Waals surface area contributed by atoms with Gasteiger partial charge < -0.3 is 4.90 Å². The van der Waals surface area contributed by atoms with Crippen molar-refractivity contribution in [1.82, 2.24) is 19.7 Å². The number of unbranched alkanes of at least 4 members (excludes halogenated alkanes) is 1. The Bertz CT molecular complexity index is 982. The average Bonchev–Trinajstić information content (AvgIpc) is 3.20. The number of hydrogen-bond donors (Lipinski definition) is 0. The zero-order chi connectivity index (χ0) is 22.2. The number of thioether (sulfide) groups is 1. The lowest BCUT2D eigenvalue weighted by Gasteiger charge is -2.32. The summed E-state index contributed by atoms with van der Waals surface area (Å²) < 4.78 is 2.09. The molecule has 0 aliphatic carbocycles. The molecule has 2 heterocycles. The predicted molar refractivity (Wildman–Crippen MR) is 130 cm³/mol. The monoisotopic (exact) mass is 448 g/mol. The molecule has 1 saturated heterocycles. The van der Waals surface area contributed by atoms with Gasteiger partial charge in [-0.2, -0.15) is 0 Å². The van der Waals surface area contributed by atoms with E-state index in [1.54, 1.807) is 11.8 Å². The fourth-order valence-electron chi connectivity index (χ4n) is 4.34. The van der Waals surface area contributed by atoms with Gasteiger partial charge in [0, 0.05) is 31.0 Å². The van der Waals surface area contributed by atoms with Gasteiger partial charge in [-0.1, -0.05) is 60.3 Å². The molecular weight excluding hydrogens is 416 g/mol. The lowest BCUT2D eigenvalue weighted by molar-refractivity contribution is -0.132. The third-order valence-corrected chi connectivity index (χ3v) is 7.18. The smallest absolute Gasteiger partial charge is 0.222 e. The molecule has 168 valence electrons. The van der Waals surface area contributed by atoms with Crippen molar-refractivity contribution in [1.29, 1.82) is 0 Å². The van der Waals surface area contributed by atoms with Crippen molar-refractivity contribution in [3.05, 3.63) is 72.1 Å². The van der Waals surface area contributed by atoms with Gasteiger partial charge in [-0.05, 0) is 62.6 Å². The molecule has 1 aliphatic heterocycles. The van der Waals surface area contributed by atoms with Crippen molar-refractivity contribution in [2.45, 2.75) is 50.6 Å².